The lowest BCUT2D eigenvalue weighted by Crippen LogP contribution is -2.60. The molecule has 0 spiro atoms. The van der Waals surface area contributed by atoms with E-state index in [9.17, 15) is 9.59 Å². The molecule has 2 atom stereocenters. The van der Waals surface area contributed by atoms with Crippen LogP contribution < -0.4 is 5.32 Å². The van der Waals surface area contributed by atoms with Gasteiger partial charge in [-0.3, -0.25) is 4.90 Å². The number of rotatable bonds is 8. The SMILES string of the molecule is CC(C)[Si](OC(CNC(=O)OC(C)(C)C)[C@@H]1COC(C)(C)N1C(=O)OC(C)(C)C)(C(C)C)C(C)C. The smallest absolute Gasteiger partial charge is 0.412 e. The molecule has 1 fully saturated rings. The lowest BCUT2D eigenvalue weighted by Gasteiger charge is -2.47. The maximum atomic E-state index is 13.4. The van der Waals surface area contributed by atoms with Crippen molar-refractivity contribution in [3.05, 3.63) is 0 Å². The minimum absolute atomic E-state index is 0.194. The van der Waals surface area contributed by atoms with Crippen molar-refractivity contribution in [2.45, 2.75) is 143 Å². The minimum Gasteiger partial charge on any atom is -0.444 e. The first kappa shape index (κ1) is 31.7. The molecule has 1 aliphatic rings. The number of carbonyl (C=O) groups excluding carboxylic acids is 2. The fraction of sp³-hybridized carbons (Fsp3) is 0.923. The zero-order chi connectivity index (χ0) is 27.6. The summed E-state index contributed by atoms with van der Waals surface area (Å²) in [6, 6.07) is -0.432. The Morgan fingerprint density at radius 3 is 1.80 bits per heavy atom. The Morgan fingerprint density at radius 1 is 0.943 bits per heavy atom. The maximum absolute atomic E-state index is 13.4. The molecule has 8 nitrogen and oxygen atoms in total. The predicted molar refractivity (Wildman–Crippen MR) is 142 cm³/mol. The molecule has 2 amide bonds. The van der Waals surface area contributed by atoms with Gasteiger partial charge in [0.2, 0.25) is 8.32 Å². The van der Waals surface area contributed by atoms with E-state index in [0.29, 0.717) is 16.6 Å². The van der Waals surface area contributed by atoms with E-state index in [1.807, 2.05) is 55.4 Å². The summed E-state index contributed by atoms with van der Waals surface area (Å²) in [6.07, 6.45) is -1.46. The van der Waals surface area contributed by atoms with Crippen LogP contribution in [-0.2, 0) is 18.6 Å². The monoisotopic (exact) mass is 516 g/mol. The van der Waals surface area contributed by atoms with Crippen molar-refractivity contribution in [2.75, 3.05) is 13.2 Å². The molecule has 0 bridgehead atoms. The molecule has 9 heteroatoms. The molecule has 0 saturated carbocycles. The van der Waals surface area contributed by atoms with E-state index in [4.69, 9.17) is 18.6 Å². The topological polar surface area (TPSA) is 86.3 Å². The number of carbonyl (C=O) groups is 2. The Morgan fingerprint density at radius 2 is 1.40 bits per heavy atom. The average Bonchev–Trinajstić information content (AvgIpc) is 2.93. The number of amides is 2. The van der Waals surface area contributed by atoms with Gasteiger partial charge in [-0.15, -0.1) is 0 Å². The number of ether oxygens (including phenoxy) is 3. The van der Waals surface area contributed by atoms with Crippen LogP contribution in [0.5, 0.6) is 0 Å². The standard InChI is InChI=1S/C26H52N2O6Si/c1-17(2)35(18(3)4,19(5)6)34-21(15-27-22(29)32-24(7,8)9)20-16-31-26(13,14)28(20)23(30)33-25(10,11)12/h17-21H,15-16H2,1-14H3,(H,27,29)/t20-,21?/m0/s1. The lowest BCUT2D eigenvalue weighted by molar-refractivity contribution is -0.0671. The second-order valence-electron chi connectivity index (χ2n) is 13.0. The summed E-state index contributed by atoms with van der Waals surface area (Å²) in [5.41, 5.74) is -1.16. The van der Waals surface area contributed by atoms with E-state index < -0.39 is 49.6 Å². The molecule has 206 valence electrons. The molecular weight excluding hydrogens is 464 g/mol. The van der Waals surface area contributed by atoms with Crippen LogP contribution in [0.4, 0.5) is 9.59 Å². The van der Waals surface area contributed by atoms with E-state index in [1.165, 1.54) is 0 Å². The molecule has 0 aliphatic carbocycles. The van der Waals surface area contributed by atoms with E-state index in [2.05, 4.69) is 46.9 Å². The Kier molecular flexibility index (Phi) is 10.3. The number of alkyl carbamates (subject to hydrolysis) is 1. The molecule has 1 aliphatic heterocycles. The molecule has 1 N–H and O–H groups in total. The predicted octanol–water partition coefficient (Wildman–Crippen LogP) is 6.44. The fourth-order valence-corrected chi connectivity index (χ4v) is 10.8. The van der Waals surface area contributed by atoms with Crippen LogP contribution in [0.2, 0.25) is 16.6 Å². The minimum atomic E-state index is -2.36. The van der Waals surface area contributed by atoms with Crippen LogP contribution in [0, 0.1) is 0 Å². The molecule has 0 aromatic carbocycles. The van der Waals surface area contributed by atoms with Crippen LogP contribution in [0.3, 0.4) is 0 Å². The summed E-state index contributed by atoms with van der Waals surface area (Å²) in [6.45, 7) is 28.5. The van der Waals surface area contributed by atoms with Crippen LogP contribution in [0.1, 0.15) is 96.9 Å². The third kappa shape index (κ3) is 8.35. The molecule has 0 aromatic heterocycles. The highest BCUT2D eigenvalue weighted by Crippen LogP contribution is 2.44. The zero-order valence-electron chi connectivity index (χ0n) is 24.7. The van der Waals surface area contributed by atoms with E-state index >= 15 is 0 Å². The Labute approximate surface area is 214 Å². The van der Waals surface area contributed by atoms with Crippen LogP contribution >= 0.6 is 0 Å². The molecule has 1 saturated heterocycles. The summed E-state index contributed by atoms with van der Waals surface area (Å²) >= 11 is 0. The van der Waals surface area contributed by atoms with E-state index in [0.717, 1.165) is 0 Å². The van der Waals surface area contributed by atoms with Gasteiger partial charge in [-0.25, -0.2) is 9.59 Å². The Balaban J connectivity index is 3.43. The van der Waals surface area contributed by atoms with Gasteiger partial charge in [0.25, 0.3) is 0 Å². The van der Waals surface area contributed by atoms with Crippen LogP contribution in [0.15, 0.2) is 0 Å². The first-order valence-corrected chi connectivity index (χ1v) is 15.1. The molecule has 0 aromatic rings. The summed E-state index contributed by atoms with van der Waals surface area (Å²) in [7, 11) is -2.36. The largest absolute Gasteiger partial charge is 0.444 e. The van der Waals surface area contributed by atoms with Crippen molar-refractivity contribution in [3.8, 4) is 0 Å². The van der Waals surface area contributed by atoms with Gasteiger partial charge in [0.15, 0.2) is 0 Å². The van der Waals surface area contributed by atoms with E-state index in [1.54, 1.807) is 4.90 Å². The summed E-state index contributed by atoms with van der Waals surface area (Å²) in [5, 5.41) is 2.89. The first-order chi connectivity index (χ1) is 15.6. The van der Waals surface area contributed by atoms with Crippen molar-refractivity contribution in [2.24, 2.45) is 0 Å². The highest BCUT2D eigenvalue weighted by molar-refractivity contribution is 6.77. The van der Waals surface area contributed by atoms with Gasteiger partial charge in [0, 0.05) is 6.54 Å². The molecule has 1 unspecified atom stereocenters. The first-order valence-electron chi connectivity index (χ1n) is 12.9. The fourth-order valence-electron chi connectivity index (χ4n) is 5.20. The second-order valence-corrected chi connectivity index (χ2v) is 18.4. The lowest BCUT2D eigenvalue weighted by atomic mass is 10.1. The number of nitrogens with zero attached hydrogens (tertiary/aromatic N) is 1. The molecule has 1 heterocycles. The van der Waals surface area contributed by atoms with Crippen molar-refractivity contribution in [1.82, 2.24) is 10.2 Å². The van der Waals surface area contributed by atoms with Crippen LogP contribution in [-0.4, -0.2) is 67.6 Å². The van der Waals surface area contributed by atoms with Gasteiger partial charge in [-0.05, 0) is 72.0 Å². The van der Waals surface area contributed by atoms with Gasteiger partial charge in [-0.1, -0.05) is 41.5 Å². The number of nitrogens with one attached hydrogen (secondary N) is 1. The number of hydrogen-bond acceptors (Lipinski definition) is 6. The van der Waals surface area contributed by atoms with Gasteiger partial charge in [0.05, 0.1) is 18.8 Å². The molecular formula is C26H52N2O6Si. The van der Waals surface area contributed by atoms with Crippen molar-refractivity contribution >= 4 is 20.5 Å². The van der Waals surface area contributed by atoms with E-state index in [-0.39, 0.29) is 13.2 Å². The van der Waals surface area contributed by atoms with Crippen LogP contribution in [0.25, 0.3) is 0 Å². The molecule has 0 radical (unpaired) electrons. The van der Waals surface area contributed by atoms with Gasteiger partial charge in [-0.2, -0.15) is 0 Å². The second kappa shape index (κ2) is 11.4. The average molecular weight is 517 g/mol. The third-order valence-electron chi connectivity index (χ3n) is 6.45. The highest BCUT2D eigenvalue weighted by Gasteiger charge is 2.53. The highest BCUT2D eigenvalue weighted by atomic mass is 28.4. The zero-order valence-corrected chi connectivity index (χ0v) is 25.7. The summed E-state index contributed by atoms with van der Waals surface area (Å²) in [4.78, 5) is 27.6. The van der Waals surface area contributed by atoms with Gasteiger partial charge < -0.3 is 24.0 Å². The number of hydrogen-bond donors (Lipinski definition) is 1. The van der Waals surface area contributed by atoms with Gasteiger partial charge in [0.1, 0.15) is 16.9 Å². The quantitative estimate of drug-likeness (QED) is 0.373. The Bertz CT molecular complexity index is 703. The van der Waals surface area contributed by atoms with Crippen molar-refractivity contribution < 1.29 is 28.2 Å². The normalized spacial score (nSPS) is 19.9. The van der Waals surface area contributed by atoms with Crippen molar-refractivity contribution in [1.29, 1.82) is 0 Å². The summed E-state index contributed by atoms with van der Waals surface area (Å²) in [5.74, 6) is 0. The third-order valence-corrected chi connectivity index (χ3v) is 12.6. The molecule has 1 rings (SSSR count). The summed E-state index contributed by atoms with van der Waals surface area (Å²) < 4.78 is 24.4. The van der Waals surface area contributed by atoms with Crippen molar-refractivity contribution in [3.63, 3.8) is 0 Å². The molecule has 35 heavy (non-hydrogen) atoms. The van der Waals surface area contributed by atoms with Gasteiger partial charge >= 0.3 is 12.2 Å². The Hall–Kier alpha value is -1.32. The maximum Gasteiger partial charge on any atom is 0.412 e.